The van der Waals surface area contributed by atoms with Crippen LogP contribution in [0.5, 0.6) is 5.75 Å². The van der Waals surface area contributed by atoms with Crippen molar-refractivity contribution in [2.75, 3.05) is 13.1 Å². The van der Waals surface area contributed by atoms with Gasteiger partial charge in [-0.15, -0.1) is 0 Å². The minimum atomic E-state index is -2.85. The SMILES string of the molecule is CCNC(=NCc1cc(C)ccc1OC(F)F)NCCCn1ccnc1. The summed E-state index contributed by atoms with van der Waals surface area (Å²) in [5.41, 5.74) is 1.59. The molecule has 1 aromatic heterocycles. The van der Waals surface area contributed by atoms with E-state index in [2.05, 4.69) is 25.3 Å². The first-order chi connectivity index (χ1) is 12.6. The highest BCUT2D eigenvalue weighted by Crippen LogP contribution is 2.22. The second-order valence-electron chi connectivity index (χ2n) is 5.77. The Balaban J connectivity index is 1.93. The molecule has 6 nitrogen and oxygen atoms in total. The summed E-state index contributed by atoms with van der Waals surface area (Å²) < 4.78 is 31.7. The number of imidazole rings is 1. The average Bonchev–Trinajstić information content (AvgIpc) is 3.11. The summed E-state index contributed by atoms with van der Waals surface area (Å²) in [4.78, 5) is 8.48. The number of hydrogen-bond acceptors (Lipinski definition) is 3. The monoisotopic (exact) mass is 365 g/mol. The molecule has 0 radical (unpaired) electrons. The Morgan fingerprint density at radius 3 is 2.88 bits per heavy atom. The number of hydrogen-bond donors (Lipinski definition) is 2. The van der Waals surface area contributed by atoms with Gasteiger partial charge >= 0.3 is 6.61 Å². The zero-order valence-electron chi connectivity index (χ0n) is 15.1. The van der Waals surface area contributed by atoms with Crippen molar-refractivity contribution >= 4 is 5.96 Å². The molecule has 26 heavy (non-hydrogen) atoms. The van der Waals surface area contributed by atoms with Gasteiger partial charge in [0, 0.05) is 37.6 Å². The maximum Gasteiger partial charge on any atom is 0.387 e. The number of aliphatic imine (C=N–C) groups is 1. The minimum Gasteiger partial charge on any atom is -0.434 e. The normalized spacial score (nSPS) is 11.7. The Labute approximate surface area is 152 Å². The van der Waals surface area contributed by atoms with Crippen molar-refractivity contribution in [2.24, 2.45) is 4.99 Å². The molecule has 142 valence electrons. The van der Waals surface area contributed by atoms with Gasteiger partial charge in [-0.1, -0.05) is 17.7 Å². The van der Waals surface area contributed by atoms with Gasteiger partial charge in [-0.05, 0) is 26.3 Å². The van der Waals surface area contributed by atoms with Crippen LogP contribution in [0.2, 0.25) is 0 Å². The molecular formula is C18H25F2N5O. The first-order valence-corrected chi connectivity index (χ1v) is 8.60. The zero-order chi connectivity index (χ0) is 18.8. The Kier molecular flexibility index (Phi) is 7.85. The standard InChI is InChI=1S/C18H25F2N5O/c1-3-22-18(23-7-4-9-25-10-8-21-13-25)24-12-15-11-14(2)5-6-16(15)26-17(19)20/h5-6,8,10-11,13,17H,3-4,7,9,12H2,1-2H3,(H2,22,23,24). The van der Waals surface area contributed by atoms with Crippen LogP contribution in [0.3, 0.4) is 0 Å². The molecule has 1 heterocycles. The van der Waals surface area contributed by atoms with Crippen LogP contribution < -0.4 is 15.4 Å². The summed E-state index contributed by atoms with van der Waals surface area (Å²) in [5.74, 6) is 0.799. The highest BCUT2D eigenvalue weighted by molar-refractivity contribution is 5.79. The second kappa shape index (κ2) is 10.4. The first kappa shape index (κ1) is 19.7. The number of aryl methyl sites for hydroxylation is 2. The summed E-state index contributed by atoms with van der Waals surface area (Å²) >= 11 is 0. The second-order valence-corrected chi connectivity index (χ2v) is 5.77. The number of nitrogens with one attached hydrogen (secondary N) is 2. The lowest BCUT2D eigenvalue weighted by molar-refractivity contribution is -0.0504. The van der Waals surface area contributed by atoms with Crippen molar-refractivity contribution in [1.29, 1.82) is 0 Å². The van der Waals surface area contributed by atoms with Gasteiger partial charge in [-0.3, -0.25) is 0 Å². The van der Waals surface area contributed by atoms with E-state index < -0.39 is 6.61 Å². The molecule has 0 saturated heterocycles. The van der Waals surface area contributed by atoms with Gasteiger partial charge < -0.3 is 19.9 Å². The quantitative estimate of drug-likeness (QED) is 0.407. The smallest absolute Gasteiger partial charge is 0.387 e. The Hall–Kier alpha value is -2.64. The summed E-state index contributed by atoms with van der Waals surface area (Å²) in [5, 5.41) is 6.40. The molecular weight excluding hydrogens is 340 g/mol. The summed E-state index contributed by atoms with van der Waals surface area (Å²) in [6.45, 7) is 3.58. The van der Waals surface area contributed by atoms with Crippen LogP contribution in [0.25, 0.3) is 0 Å². The third-order valence-corrected chi connectivity index (χ3v) is 3.63. The molecule has 0 spiro atoms. The maximum atomic E-state index is 12.6. The van der Waals surface area contributed by atoms with E-state index in [4.69, 9.17) is 0 Å². The van der Waals surface area contributed by atoms with Crippen molar-refractivity contribution in [2.45, 2.75) is 40.0 Å². The van der Waals surface area contributed by atoms with Crippen molar-refractivity contribution in [3.8, 4) is 5.75 Å². The molecule has 0 aliphatic rings. The third kappa shape index (κ3) is 6.70. The molecule has 0 fully saturated rings. The largest absolute Gasteiger partial charge is 0.434 e. The Morgan fingerprint density at radius 1 is 1.35 bits per heavy atom. The number of alkyl halides is 2. The lowest BCUT2D eigenvalue weighted by Crippen LogP contribution is -2.38. The molecule has 0 unspecified atom stereocenters. The molecule has 2 N–H and O–H groups in total. The predicted octanol–water partition coefficient (Wildman–Crippen LogP) is 2.94. The van der Waals surface area contributed by atoms with Crippen LogP contribution >= 0.6 is 0 Å². The Morgan fingerprint density at radius 2 is 2.19 bits per heavy atom. The fourth-order valence-corrected chi connectivity index (χ4v) is 2.44. The molecule has 0 aliphatic heterocycles. The maximum absolute atomic E-state index is 12.6. The van der Waals surface area contributed by atoms with Crippen LogP contribution in [0, 0.1) is 6.92 Å². The van der Waals surface area contributed by atoms with E-state index in [0.29, 0.717) is 18.1 Å². The van der Waals surface area contributed by atoms with Gasteiger partial charge in [-0.25, -0.2) is 9.98 Å². The highest BCUT2D eigenvalue weighted by Gasteiger charge is 2.10. The van der Waals surface area contributed by atoms with Gasteiger partial charge in [0.2, 0.25) is 0 Å². The highest BCUT2D eigenvalue weighted by atomic mass is 19.3. The van der Waals surface area contributed by atoms with Gasteiger partial charge in [-0.2, -0.15) is 8.78 Å². The van der Waals surface area contributed by atoms with Crippen molar-refractivity contribution in [3.63, 3.8) is 0 Å². The number of halogens is 2. The molecule has 2 aromatic rings. The molecule has 0 atom stereocenters. The molecule has 0 amide bonds. The molecule has 8 heteroatoms. The van der Waals surface area contributed by atoms with E-state index in [-0.39, 0.29) is 12.3 Å². The number of nitrogens with zero attached hydrogens (tertiary/aromatic N) is 3. The van der Waals surface area contributed by atoms with Crippen LogP contribution in [0.1, 0.15) is 24.5 Å². The van der Waals surface area contributed by atoms with Crippen LogP contribution in [-0.2, 0) is 13.1 Å². The van der Waals surface area contributed by atoms with Gasteiger partial charge in [0.1, 0.15) is 5.75 Å². The van der Waals surface area contributed by atoms with E-state index in [0.717, 1.165) is 25.1 Å². The minimum absolute atomic E-state index is 0.158. The fraction of sp³-hybridized carbons (Fsp3) is 0.444. The van der Waals surface area contributed by atoms with E-state index in [1.807, 2.05) is 30.7 Å². The van der Waals surface area contributed by atoms with Crippen LogP contribution in [0.15, 0.2) is 41.9 Å². The van der Waals surface area contributed by atoms with Gasteiger partial charge in [0.25, 0.3) is 0 Å². The van der Waals surface area contributed by atoms with E-state index in [1.54, 1.807) is 24.7 Å². The number of ether oxygens (including phenoxy) is 1. The molecule has 2 rings (SSSR count). The van der Waals surface area contributed by atoms with E-state index >= 15 is 0 Å². The van der Waals surface area contributed by atoms with Gasteiger partial charge in [0.15, 0.2) is 5.96 Å². The fourth-order valence-electron chi connectivity index (χ4n) is 2.44. The number of rotatable bonds is 9. The molecule has 1 aromatic carbocycles. The lowest BCUT2D eigenvalue weighted by Gasteiger charge is -2.13. The lowest BCUT2D eigenvalue weighted by atomic mass is 10.1. The van der Waals surface area contributed by atoms with Crippen LogP contribution in [-0.4, -0.2) is 35.2 Å². The van der Waals surface area contributed by atoms with Crippen molar-refractivity contribution in [1.82, 2.24) is 20.2 Å². The predicted molar refractivity (Wildman–Crippen MR) is 97.5 cm³/mol. The average molecular weight is 365 g/mol. The third-order valence-electron chi connectivity index (χ3n) is 3.63. The summed E-state index contributed by atoms with van der Waals surface area (Å²) in [6, 6.07) is 5.10. The first-order valence-electron chi connectivity index (χ1n) is 8.60. The summed E-state index contributed by atoms with van der Waals surface area (Å²) in [7, 11) is 0. The van der Waals surface area contributed by atoms with Gasteiger partial charge in [0.05, 0.1) is 12.9 Å². The Bertz CT molecular complexity index is 689. The van der Waals surface area contributed by atoms with Crippen LogP contribution in [0.4, 0.5) is 8.78 Å². The molecule has 0 aliphatic carbocycles. The van der Waals surface area contributed by atoms with Crippen molar-refractivity contribution in [3.05, 3.63) is 48.0 Å². The zero-order valence-corrected chi connectivity index (χ0v) is 15.1. The van der Waals surface area contributed by atoms with E-state index in [1.165, 1.54) is 0 Å². The number of benzene rings is 1. The van der Waals surface area contributed by atoms with Crippen molar-refractivity contribution < 1.29 is 13.5 Å². The van der Waals surface area contributed by atoms with E-state index in [9.17, 15) is 8.78 Å². The molecule has 0 saturated carbocycles. The number of guanidine groups is 1. The topological polar surface area (TPSA) is 63.5 Å². The molecule has 0 bridgehead atoms. The number of aromatic nitrogens is 2. The summed E-state index contributed by atoms with van der Waals surface area (Å²) in [6.07, 6.45) is 6.36.